The molecule has 0 unspecified atom stereocenters. The number of halogens is 1. The fourth-order valence-electron chi connectivity index (χ4n) is 3.90. The lowest BCUT2D eigenvalue weighted by atomic mass is 9.87. The van der Waals surface area contributed by atoms with E-state index in [1.54, 1.807) is 6.07 Å². The van der Waals surface area contributed by atoms with Gasteiger partial charge in [0.25, 0.3) is 0 Å². The SMILES string of the molecule is Cc1cc(-c2nc[nH]n2)c(F)cc1C1=CN(C[C@H]2CC[C@@H](O)CC2)CC=N1. The largest absolute Gasteiger partial charge is 0.393 e. The minimum Gasteiger partial charge on any atom is -0.393 e. The van der Waals surface area contributed by atoms with Crippen molar-refractivity contribution in [3.05, 3.63) is 41.6 Å². The number of aromatic nitrogens is 3. The Balaban J connectivity index is 1.54. The Morgan fingerprint density at radius 1 is 1.22 bits per heavy atom. The Labute approximate surface area is 157 Å². The predicted octanol–water partition coefficient (Wildman–Crippen LogP) is 3.16. The first-order chi connectivity index (χ1) is 13.1. The van der Waals surface area contributed by atoms with Crippen LogP contribution in [0.3, 0.4) is 0 Å². The molecule has 0 saturated heterocycles. The van der Waals surface area contributed by atoms with Crippen molar-refractivity contribution in [3.8, 4) is 11.4 Å². The number of nitrogens with one attached hydrogen (secondary N) is 1. The molecule has 1 aromatic carbocycles. The van der Waals surface area contributed by atoms with Gasteiger partial charge in [-0.3, -0.25) is 10.1 Å². The van der Waals surface area contributed by atoms with Gasteiger partial charge in [0.05, 0.1) is 23.9 Å². The summed E-state index contributed by atoms with van der Waals surface area (Å²) in [6.07, 6.45) is 9.09. The molecule has 27 heavy (non-hydrogen) atoms. The number of nitrogens with zero attached hydrogens (tertiary/aromatic N) is 4. The molecule has 0 atom stereocenters. The summed E-state index contributed by atoms with van der Waals surface area (Å²) in [6, 6.07) is 3.29. The van der Waals surface area contributed by atoms with Crippen molar-refractivity contribution in [3.63, 3.8) is 0 Å². The molecule has 142 valence electrons. The van der Waals surface area contributed by atoms with Gasteiger partial charge in [-0.15, -0.1) is 0 Å². The van der Waals surface area contributed by atoms with E-state index in [9.17, 15) is 9.50 Å². The molecule has 0 amide bonds. The van der Waals surface area contributed by atoms with E-state index in [0.717, 1.165) is 55.6 Å². The van der Waals surface area contributed by atoms with Crippen molar-refractivity contribution >= 4 is 11.9 Å². The van der Waals surface area contributed by atoms with Gasteiger partial charge < -0.3 is 10.0 Å². The van der Waals surface area contributed by atoms with Gasteiger partial charge in [0.2, 0.25) is 0 Å². The second kappa shape index (κ2) is 7.60. The molecule has 0 bridgehead atoms. The molecule has 1 aliphatic heterocycles. The average molecular weight is 369 g/mol. The van der Waals surface area contributed by atoms with E-state index in [2.05, 4.69) is 25.1 Å². The normalized spacial score (nSPS) is 22.8. The highest BCUT2D eigenvalue weighted by Gasteiger charge is 2.22. The van der Waals surface area contributed by atoms with Crippen LogP contribution in [0.15, 0.2) is 29.7 Å². The van der Waals surface area contributed by atoms with E-state index in [1.807, 2.05) is 19.3 Å². The molecule has 6 nitrogen and oxygen atoms in total. The summed E-state index contributed by atoms with van der Waals surface area (Å²) in [7, 11) is 0. The summed E-state index contributed by atoms with van der Waals surface area (Å²) in [6.45, 7) is 3.65. The Hall–Kier alpha value is -2.54. The summed E-state index contributed by atoms with van der Waals surface area (Å²) in [5.74, 6) is 0.581. The molecule has 1 aromatic heterocycles. The number of aliphatic hydroxyl groups excluding tert-OH is 1. The average Bonchev–Trinajstić information content (AvgIpc) is 3.20. The van der Waals surface area contributed by atoms with Crippen LogP contribution in [0.1, 0.15) is 36.8 Å². The van der Waals surface area contributed by atoms with Crippen molar-refractivity contribution in [2.45, 2.75) is 38.7 Å². The highest BCUT2D eigenvalue weighted by Crippen LogP contribution is 2.30. The lowest BCUT2D eigenvalue weighted by molar-refractivity contribution is 0.101. The number of aryl methyl sites for hydroxylation is 1. The standard InChI is InChI=1S/C20H24FN5O/c1-13-8-17(20-23-12-24-25-20)18(21)9-16(13)19-11-26(7-6-22-19)10-14-2-4-15(27)5-3-14/h6,8-9,11-12,14-15,27H,2-5,7,10H2,1H3,(H,23,24,25)/t14-,15+. The van der Waals surface area contributed by atoms with Gasteiger partial charge in [0.15, 0.2) is 5.82 Å². The van der Waals surface area contributed by atoms with Gasteiger partial charge in [0.1, 0.15) is 12.1 Å². The first-order valence-electron chi connectivity index (χ1n) is 9.43. The maximum absolute atomic E-state index is 14.6. The highest BCUT2D eigenvalue weighted by molar-refractivity contribution is 5.79. The van der Waals surface area contributed by atoms with Crippen LogP contribution in [0.25, 0.3) is 17.1 Å². The van der Waals surface area contributed by atoms with Gasteiger partial charge in [0, 0.05) is 24.5 Å². The monoisotopic (exact) mass is 369 g/mol. The van der Waals surface area contributed by atoms with Crippen LogP contribution in [0, 0.1) is 18.7 Å². The second-order valence-electron chi connectivity index (χ2n) is 7.42. The molecule has 1 saturated carbocycles. The number of H-pyrrole nitrogens is 1. The van der Waals surface area contributed by atoms with Gasteiger partial charge in [-0.25, -0.2) is 9.37 Å². The second-order valence-corrected chi connectivity index (χ2v) is 7.42. The quantitative estimate of drug-likeness (QED) is 0.868. The van der Waals surface area contributed by atoms with Crippen LogP contribution < -0.4 is 0 Å². The molecule has 1 aliphatic carbocycles. The zero-order chi connectivity index (χ0) is 18.8. The third-order valence-electron chi connectivity index (χ3n) is 5.41. The number of benzene rings is 1. The number of hydrogen-bond acceptors (Lipinski definition) is 5. The van der Waals surface area contributed by atoms with E-state index in [-0.39, 0.29) is 11.9 Å². The smallest absolute Gasteiger partial charge is 0.183 e. The Kier molecular flexibility index (Phi) is 5.03. The van der Waals surface area contributed by atoms with Crippen molar-refractivity contribution in [1.82, 2.24) is 20.1 Å². The molecule has 0 radical (unpaired) electrons. The summed E-state index contributed by atoms with van der Waals surface area (Å²) >= 11 is 0. The van der Waals surface area contributed by atoms with E-state index < -0.39 is 0 Å². The number of aromatic amines is 1. The molecule has 2 N–H and O–H groups in total. The summed E-state index contributed by atoms with van der Waals surface area (Å²) in [5.41, 5.74) is 2.87. The molecule has 0 spiro atoms. The fourth-order valence-corrected chi connectivity index (χ4v) is 3.90. The Bertz CT molecular complexity index is 854. The third-order valence-corrected chi connectivity index (χ3v) is 5.41. The Morgan fingerprint density at radius 3 is 2.78 bits per heavy atom. The highest BCUT2D eigenvalue weighted by atomic mass is 19.1. The Morgan fingerprint density at radius 2 is 2.04 bits per heavy atom. The third kappa shape index (κ3) is 3.93. The summed E-state index contributed by atoms with van der Waals surface area (Å²) in [4.78, 5) is 10.8. The predicted molar refractivity (Wildman–Crippen MR) is 103 cm³/mol. The zero-order valence-electron chi connectivity index (χ0n) is 15.4. The van der Waals surface area contributed by atoms with E-state index in [1.165, 1.54) is 12.4 Å². The molecule has 2 heterocycles. The summed E-state index contributed by atoms with van der Waals surface area (Å²) < 4.78 is 14.6. The first kappa shape index (κ1) is 17.9. The number of hydrogen-bond donors (Lipinski definition) is 2. The molecule has 4 rings (SSSR count). The van der Waals surface area contributed by atoms with Gasteiger partial charge in [-0.2, -0.15) is 5.10 Å². The lowest BCUT2D eigenvalue weighted by Gasteiger charge is -2.31. The van der Waals surface area contributed by atoms with Crippen molar-refractivity contribution < 1.29 is 9.50 Å². The fraction of sp³-hybridized carbons (Fsp3) is 0.450. The maximum Gasteiger partial charge on any atom is 0.183 e. The molecule has 1 fully saturated rings. The van der Waals surface area contributed by atoms with Crippen LogP contribution in [-0.2, 0) is 0 Å². The van der Waals surface area contributed by atoms with Crippen LogP contribution in [0.4, 0.5) is 4.39 Å². The molecule has 2 aromatic rings. The maximum atomic E-state index is 14.6. The van der Waals surface area contributed by atoms with Crippen molar-refractivity contribution in [2.24, 2.45) is 10.9 Å². The van der Waals surface area contributed by atoms with E-state index in [0.29, 0.717) is 17.3 Å². The van der Waals surface area contributed by atoms with E-state index in [4.69, 9.17) is 0 Å². The molecule has 7 heteroatoms. The first-order valence-corrected chi connectivity index (χ1v) is 9.43. The van der Waals surface area contributed by atoms with Crippen LogP contribution in [0.5, 0.6) is 0 Å². The van der Waals surface area contributed by atoms with Gasteiger partial charge >= 0.3 is 0 Å². The topological polar surface area (TPSA) is 77.4 Å². The lowest BCUT2D eigenvalue weighted by Crippen LogP contribution is -2.31. The molecular weight excluding hydrogens is 345 g/mol. The van der Waals surface area contributed by atoms with Gasteiger partial charge in [-0.05, 0) is 56.2 Å². The van der Waals surface area contributed by atoms with Crippen molar-refractivity contribution in [2.75, 3.05) is 13.1 Å². The molecular formula is C20H24FN5O. The van der Waals surface area contributed by atoms with Crippen LogP contribution in [-0.4, -0.2) is 50.6 Å². The van der Waals surface area contributed by atoms with Crippen LogP contribution in [0.2, 0.25) is 0 Å². The number of aliphatic imine (C=N–C) groups is 1. The van der Waals surface area contributed by atoms with E-state index >= 15 is 0 Å². The minimum absolute atomic E-state index is 0.136. The van der Waals surface area contributed by atoms with Gasteiger partial charge in [-0.1, -0.05) is 0 Å². The number of rotatable bonds is 4. The minimum atomic E-state index is -0.357. The molecule has 2 aliphatic rings. The summed E-state index contributed by atoms with van der Waals surface area (Å²) in [5, 5.41) is 16.3. The van der Waals surface area contributed by atoms with Crippen molar-refractivity contribution in [1.29, 1.82) is 0 Å². The number of aliphatic hydroxyl groups is 1. The zero-order valence-corrected chi connectivity index (χ0v) is 15.4. The van der Waals surface area contributed by atoms with Crippen LogP contribution >= 0.6 is 0 Å².